The van der Waals surface area contributed by atoms with Crippen molar-refractivity contribution in [3.05, 3.63) is 0 Å². The summed E-state index contributed by atoms with van der Waals surface area (Å²) in [6.45, 7) is 6.95. The van der Waals surface area contributed by atoms with Crippen molar-refractivity contribution in [1.29, 1.82) is 5.26 Å². The van der Waals surface area contributed by atoms with E-state index in [4.69, 9.17) is 15.7 Å². The van der Waals surface area contributed by atoms with Gasteiger partial charge in [-0.1, -0.05) is 0 Å². The molecule has 0 bridgehead atoms. The van der Waals surface area contributed by atoms with Gasteiger partial charge in [0.25, 0.3) is 5.53 Å². The Labute approximate surface area is 121 Å². The van der Waals surface area contributed by atoms with Gasteiger partial charge in [-0.2, -0.15) is 5.26 Å². The fourth-order valence-corrected chi connectivity index (χ4v) is 3.90. The van der Waals surface area contributed by atoms with E-state index < -0.39 is 19.6 Å². The molecule has 8 heteroatoms. The van der Waals surface area contributed by atoms with E-state index in [1.165, 1.54) is 0 Å². The van der Waals surface area contributed by atoms with Gasteiger partial charge in [0.05, 0.1) is 19.1 Å². The fourth-order valence-electron chi connectivity index (χ4n) is 1.96. The molecule has 0 aromatic rings. The fraction of sp³-hybridized carbons (Fsp3) is 0.917. The van der Waals surface area contributed by atoms with Crippen LogP contribution in [-0.4, -0.2) is 51.8 Å². The number of nitrogens with zero attached hydrogens (tertiary/aromatic N) is 2. The largest absolute Gasteiger partial charge is 0.386 e. The SMILES string of the molecule is CC(C)N(C(C)C)[PH](=O)[C@](O)(OCCC#N)C(O)CN. The average molecular weight is 307 g/mol. The Kier molecular flexibility index (Phi) is 8.52. The Morgan fingerprint density at radius 1 is 1.40 bits per heavy atom. The zero-order chi connectivity index (χ0) is 15.9. The molecule has 3 atom stereocenters. The lowest BCUT2D eigenvalue weighted by Gasteiger charge is -2.39. The Balaban J connectivity index is 5.29. The summed E-state index contributed by atoms with van der Waals surface area (Å²) in [7, 11) is -2.88. The van der Waals surface area contributed by atoms with Gasteiger partial charge in [0.2, 0.25) is 0 Å². The Morgan fingerprint density at radius 2 is 1.90 bits per heavy atom. The Bertz CT molecular complexity index is 351. The zero-order valence-electron chi connectivity index (χ0n) is 12.5. The number of hydrogen-bond acceptors (Lipinski definition) is 6. The molecule has 0 saturated carbocycles. The minimum atomic E-state index is -2.88. The first-order chi connectivity index (χ1) is 9.22. The molecule has 0 heterocycles. The maximum Gasteiger partial charge on any atom is 0.259 e. The van der Waals surface area contributed by atoms with Crippen LogP contribution in [-0.2, 0) is 9.30 Å². The van der Waals surface area contributed by atoms with Crippen molar-refractivity contribution in [2.75, 3.05) is 13.2 Å². The van der Waals surface area contributed by atoms with Crippen molar-refractivity contribution < 1.29 is 19.5 Å². The molecule has 0 spiro atoms. The van der Waals surface area contributed by atoms with E-state index in [9.17, 15) is 14.8 Å². The predicted molar refractivity (Wildman–Crippen MR) is 77.3 cm³/mol. The predicted octanol–water partition coefficient (Wildman–Crippen LogP) is 0.476. The Hall–Kier alpha value is -0.480. The van der Waals surface area contributed by atoms with E-state index in [2.05, 4.69) is 0 Å². The highest BCUT2D eigenvalue weighted by Crippen LogP contribution is 2.46. The molecule has 20 heavy (non-hydrogen) atoms. The van der Waals surface area contributed by atoms with Crippen LogP contribution in [0.25, 0.3) is 0 Å². The molecule has 0 fully saturated rings. The highest BCUT2D eigenvalue weighted by Gasteiger charge is 2.46. The van der Waals surface area contributed by atoms with Crippen LogP contribution < -0.4 is 5.73 Å². The van der Waals surface area contributed by atoms with Crippen molar-refractivity contribution in [2.45, 2.75) is 57.8 Å². The summed E-state index contributed by atoms with van der Waals surface area (Å²) in [5.41, 5.74) is 3.11. The van der Waals surface area contributed by atoms with Gasteiger partial charge in [0, 0.05) is 18.6 Å². The minimum absolute atomic E-state index is 0.0259. The molecule has 0 radical (unpaired) electrons. The van der Waals surface area contributed by atoms with Gasteiger partial charge >= 0.3 is 0 Å². The van der Waals surface area contributed by atoms with Crippen LogP contribution in [0.5, 0.6) is 0 Å². The van der Waals surface area contributed by atoms with Crippen LogP contribution in [0, 0.1) is 11.3 Å². The second kappa shape index (κ2) is 8.73. The monoisotopic (exact) mass is 307 g/mol. The van der Waals surface area contributed by atoms with E-state index in [0.29, 0.717) is 0 Å². The molecule has 0 aromatic heterocycles. The van der Waals surface area contributed by atoms with Gasteiger partial charge < -0.3 is 25.2 Å². The maximum atomic E-state index is 12.7. The lowest BCUT2D eigenvalue weighted by Crippen LogP contribution is -2.50. The van der Waals surface area contributed by atoms with Gasteiger partial charge in [-0.15, -0.1) is 0 Å². The first-order valence-corrected chi connectivity index (χ1v) is 8.02. The summed E-state index contributed by atoms with van der Waals surface area (Å²) in [5, 5.41) is 28.9. The van der Waals surface area contributed by atoms with E-state index in [1.54, 1.807) is 4.67 Å². The van der Waals surface area contributed by atoms with E-state index in [0.717, 1.165) is 0 Å². The third kappa shape index (κ3) is 4.81. The Morgan fingerprint density at radius 3 is 2.25 bits per heavy atom. The molecule has 4 N–H and O–H groups in total. The van der Waals surface area contributed by atoms with Crippen LogP contribution in [0.1, 0.15) is 34.1 Å². The van der Waals surface area contributed by atoms with Gasteiger partial charge in [0.15, 0.2) is 7.95 Å². The number of nitrogens with two attached hydrogens (primary N) is 1. The summed E-state index contributed by atoms with van der Waals surface area (Å²) in [6.07, 6.45) is -1.45. The lowest BCUT2D eigenvalue weighted by atomic mass is 10.3. The molecule has 0 aliphatic rings. The van der Waals surface area contributed by atoms with Gasteiger partial charge in [-0.3, -0.25) is 0 Å². The second-order valence-corrected chi connectivity index (χ2v) is 6.95. The normalized spacial score (nSPS) is 18.1. The van der Waals surface area contributed by atoms with Crippen LogP contribution in [0.4, 0.5) is 0 Å². The highest BCUT2D eigenvalue weighted by molar-refractivity contribution is 7.43. The van der Waals surface area contributed by atoms with Gasteiger partial charge in [-0.25, -0.2) is 4.67 Å². The summed E-state index contributed by atoms with van der Waals surface area (Å²) < 4.78 is 19.4. The molecule has 0 saturated heterocycles. The molecule has 7 nitrogen and oxygen atoms in total. The maximum absolute atomic E-state index is 12.7. The summed E-state index contributed by atoms with van der Waals surface area (Å²) in [5.74, 6) is 0. The molecular weight excluding hydrogens is 281 g/mol. The molecule has 0 rings (SSSR count). The molecule has 0 amide bonds. The number of hydrogen-bond donors (Lipinski definition) is 3. The lowest BCUT2D eigenvalue weighted by molar-refractivity contribution is -0.195. The minimum Gasteiger partial charge on any atom is -0.386 e. The first-order valence-electron chi connectivity index (χ1n) is 6.66. The smallest absolute Gasteiger partial charge is 0.259 e. The zero-order valence-corrected chi connectivity index (χ0v) is 13.5. The van der Waals surface area contributed by atoms with Crippen molar-refractivity contribution in [1.82, 2.24) is 4.67 Å². The number of ether oxygens (including phenoxy) is 1. The van der Waals surface area contributed by atoms with Crippen molar-refractivity contribution >= 4 is 7.95 Å². The van der Waals surface area contributed by atoms with E-state index >= 15 is 0 Å². The van der Waals surface area contributed by atoms with Crippen LogP contribution in [0.3, 0.4) is 0 Å². The summed E-state index contributed by atoms with van der Waals surface area (Å²) in [6, 6.07) is 1.66. The van der Waals surface area contributed by atoms with Crippen LogP contribution >= 0.6 is 7.95 Å². The third-order valence-electron chi connectivity index (χ3n) is 2.86. The van der Waals surface area contributed by atoms with Crippen LogP contribution in [0.15, 0.2) is 0 Å². The number of nitriles is 1. The van der Waals surface area contributed by atoms with E-state index in [1.807, 2.05) is 33.8 Å². The van der Waals surface area contributed by atoms with Crippen LogP contribution in [0.2, 0.25) is 0 Å². The van der Waals surface area contributed by atoms with Gasteiger partial charge in [0.1, 0.15) is 6.10 Å². The molecule has 118 valence electrons. The summed E-state index contributed by atoms with van der Waals surface area (Å²) in [4.78, 5) is 0. The van der Waals surface area contributed by atoms with Gasteiger partial charge in [-0.05, 0) is 27.7 Å². The van der Waals surface area contributed by atoms with Crippen molar-refractivity contribution in [3.63, 3.8) is 0 Å². The van der Waals surface area contributed by atoms with Crippen molar-refractivity contribution in [2.24, 2.45) is 5.73 Å². The number of aliphatic hydroxyl groups is 2. The highest BCUT2D eigenvalue weighted by atomic mass is 31.1. The topological polar surface area (TPSA) is 120 Å². The molecule has 0 aromatic carbocycles. The third-order valence-corrected chi connectivity index (χ3v) is 5.46. The standard InChI is InChI=1S/C12H26N3O4P/c1-9(2)15(10(3)4)20(18)12(17,11(16)8-14)19-7-5-6-13/h9-11,16-17,20H,5,7-8,14H2,1-4H3/t11?,12-/m1/s1. The number of rotatable bonds is 9. The molecule has 0 aliphatic heterocycles. The quantitative estimate of drug-likeness (QED) is 0.322. The molecule has 0 aliphatic carbocycles. The second-order valence-electron chi connectivity index (χ2n) is 5.10. The summed E-state index contributed by atoms with van der Waals surface area (Å²) >= 11 is 0. The van der Waals surface area contributed by atoms with E-state index in [-0.39, 0.29) is 31.7 Å². The number of aliphatic hydroxyl groups excluding tert-OH is 1. The first kappa shape index (κ1) is 19.5. The molecular formula is C12H26N3O4P. The average Bonchev–Trinajstić information content (AvgIpc) is 2.36. The van der Waals surface area contributed by atoms with Crippen molar-refractivity contribution in [3.8, 4) is 6.07 Å². The molecule has 2 unspecified atom stereocenters.